The molecule has 0 bridgehead atoms. The molecule has 0 saturated carbocycles. The van der Waals surface area contributed by atoms with Gasteiger partial charge in [0.25, 0.3) is 0 Å². The van der Waals surface area contributed by atoms with Crippen molar-refractivity contribution in [1.29, 1.82) is 0 Å². The van der Waals surface area contributed by atoms with Crippen LogP contribution < -0.4 is 20.6 Å². The van der Waals surface area contributed by atoms with Gasteiger partial charge in [-0.05, 0) is 97.7 Å². The lowest BCUT2D eigenvalue weighted by Crippen LogP contribution is -2.62. The number of hydrogen-bond donors (Lipinski definition) is 0. The number of para-hydroxylation sites is 3. The Hall–Kier alpha value is -7.34. The number of furan rings is 1. The third kappa shape index (κ3) is 4.15. The summed E-state index contributed by atoms with van der Waals surface area (Å²) in [5.41, 5.74) is 21.7. The zero-order valence-corrected chi connectivity index (χ0v) is 36.4. The quantitative estimate of drug-likeness (QED) is 0.154. The molecule has 0 unspecified atom stereocenters. The zero-order valence-electron chi connectivity index (χ0n) is 35.6. The molecule has 4 aliphatic rings. The Balaban J connectivity index is 1.15. The van der Waals surface area contributed by atoms with E-state index in [0.717, 1.165) is 33.3 Å². The van der Waals surface area contributed by atoms with E-state index in [4.69, 9.17) is 4.42 Å². The average molecular weight is 835 g/mol. The molecule has 1 spiro atoms. The van der Waals surface area contributed by atoms with Gasteiger partial charge >= 0.3 is 6.85 Å². The van der Waals surface area contributed by atoms with E-state index in [1.165, 1.54) is 98.2 Å². The van der Waals surface area contributed by atoms with Crippen molar-refractivity contribution < 1.29 is 4.42 Å². The van der Waals surface area contributed by atoms with E-state index in [-0.39, 0.29) is 12.3 Å². The molecule has 1 aliphatic carbocycles. The van der Waals surface area contributed by atoms with Crippen molar-refractivity contribution in [1.82, 2.24) is 0 Å². The molecule has 15 rings (SSSR count). The van der Waals surface area contributed by atoms with Crippen LogP contribution in [0.3, 0.4) is 0 Å². The van der Waals surface area contributed by atoms with Gasteiger partial charge in [-0.15, -0.1) is 11.3 Å². The summed E-state index contributed by atoms with van der Waals surface area (Å²) in [6.45, 7) is 6.72. The fourth-order valence-corrected chi connectivity index (χ4v) is 13.7. The summed E-state index contributed by atoms with van der Waals surface area (Å²) in [7, 11) is 0. The minimum Gasteiger partial charge on any atom is -0.454 e. The van der Waals surface area contributed by atoms with E-state index in [0.29, 0.717) is 0 Å². The highest BCUT2D eigenvalue weighted by molar-refractivity contribution is 7.26. The van der Waals surface area contributed by atoms with Gasteiger partial charge in [0.2, 0.25) is 0 Å². The van der Waals surface area contributed by atoms with Crippen molar-refractivity contribution in [3.8, 4) is 22.3 Å². The van der Waals surface area contributed by atoms with Crippen molar-refractivity contribution in [3.05, 3.63) is 210 Å². The van der Waals surface area contributed by atoms with Crippen LogP contribution in [0.25, 0.3) is 64.4 Å². The SMILES string of the molecule is CC(C)(C)c1ccc(N2B3c4cccc5c4N(c4ccccc4C54c5ccccc5-c5ccccc54)c4cc5c(sc6ccccc65)c(c43)-c3ccc4c(oc5ccccc54)c32)cc1. The van der Waals surface area contributed by atoms with Crippen molar-refractivity contribution in [2.75, 3.05) is 9.71 Å². The average Bonchev–Trinajstić information content (AvgIpc) is 3.99. The molecule has 64 heavy (non-hydrogen) atoms. The maximum absolute atomic E-state index is 7.12. The second-order valence-corrected chi connectivity index (χ2v) is 20.2. The Morgan fingerprint density at radius 2 is 1.20 bits per heavy atom. The van der Waals surface area contributed by atoms with Gasteiger partial charge in [-0.2, -0.15) is 0 Å². The van der Waals surface area contributed by atoms with Gasteiger partial charge in [0.15, 0.2) is 5.58 Å². The summed E-state index contributed by atoms with van der Waals surface area (Å²) in [4.78, 5) is 5.30. The third-order valence-electron chi connectivity index (χ3n) is 15.0. The predicted octanol–water partition coefficient (Wildman–Crippen LogP) is 14.6. The van der Waals surface area contributed by atoms with E-state index in [2.05, 4.69) is 212 Å². The van der Waals surface area contributed by atoms with Crippen molar-refractivity contribution >= 4 is 99.7 Å². The lowest BCUT2D eigenvalue weighted by molar-refractivity contribution is 0.590. The predicted molar refractivity (Wildman–Crippen MR) is 270 cm³/mol. The summed E-state index contributed by atoms with van der Waals surface area (Å²) >= 11 is 1.92. The number of hydrogen-bond acceptors (Lipinski definition) is 4. The van der Waals surface area contributed by atoms with Crippen LogP contribution >= 0.6 is 11.3 Å². The molecule has 0 radical (unpaired) electrons. The molecule has 0 N–H and O–H groups in total. The summed E-state index contributed by atoms with van der Waals surface area (Å²) in [6.07, 6.45) is 0. The lowest BCUT2D eigenvalue weighted by Gasteiger charge is -2.51. The van der Waals surface area contributed by atoms with Crippen LogP contribution in [-0.4, -0.2) is 6.85 Å². The number of benzene rings is 9. The highest BCUT2D eigenvalue weighted by Crippen LogP contribution is 2.64. The van der Waals surface area contributed by atoms with Gasteiger partial charge in [0, 0.05) is 59.1 Å². The smallest absolute Gasteiger partial charge is 0.333 e. The highest BCUT2D eigenvalue weighted by atomic mass is 32.1. The van der Waals surface area contributed by atoms with Crippen LogP contribution in [0.15, 0.2) is 186 Å². The summed E-state index contributed by atoms with van der Waals surface area (Å²) in [5, 5.41) is 4.86. The fourth-order valence-electron chi connectivity index (χ4n) is 12.4. The Morgan fingerprint density at radius 3 is 1.98 bits per heavy atom. The van der Waals surface area contributed by atoms with E-state index in [1.54, 1.807) is 0 Å². The number of thiophene rings is 1. The molecule has 0 fully saturated rings. The van der Waals surface area contributed by atoms with Gasteiger partial charge < -0.3 is 14.1 Å². The van der Waals surface area contributed by atoms with Gasteiger partial charge in [-0.3, -0.25) is 0 Å². The highest BCUT2D eigenvalue weighted by Gasteiger charge is 2.56. The number of nitrogens with zero attached hydrogens (tertiary/aromatic N) is 2. The van der Waals surface area contributed by atoms with Gasteiger partial charge in [0.1, 0.15) is 5.58 Å². The molecule has 2 aromatic heterocycles. The maximum atomic E-state index is 7.12. The summed E-state index contributed by atoms with van der Waals surface area (Å²) in [5.74, 6) is 0. The Bertz CT molecular complexity index is 3820. The monoisotopic (exact) mass is 834 g/mol. The lowest BCUT2D eigenvalue weighted by atomic mass is 9.42. The number of anilines is 5. The Labute approximate surface area is 375 Å². The summed E-state index contributed by atoms with van der Waals surface area (Å²) < 4.78 is 9.75. The molecule has 0 atom stereocenters. The van der Waals surface area contributed by atoms with Crippen LogP contribution in [0.4, 0.5) is 28.4 Å². The molecule has 3 nitrogen and oxygen atoms in total. The minimum atomic E-state index is -0.525. The molecule has 0 saturated heterocycles. The molecule has 11 aromatic rings. The standard InChI is InChI=1S/C59H39BN2OS/c1-58(2,3)34-27-29-35(30-28-34)62-54-41(32-31-40-38-17-6-12-25-50(38)63-56(40)54)52-53-49(33-42-39-18-7-13-26-51(39)64-57(42)52)61-48-24-11-10-21-45(48)59(46-22-14-23-47(55(46)61)60(53)62)43-19-8-4-15-36(43)37-16-5-9-20-44(37)59/h4-33H,1-3H3. The molecule has 5 heteroatoms. The van der Waals surface area contributed by atoms with E-state index in [1.807, 2.05) is 11.3 Å². The van der Waals surface area contributed by atoms with Crippen molar-refractivity contribution in [2.24, 2.45) is 0 Å². The Kier molecular flexibility index (Phi) is 6.60. The minimum absolute atomic E-state index is 0.0102. The largest absolute Gasteiger partial charge is 0.454 e. The molecule has 9 aromatic carbocycles. The van der Waals surface area contributed by atoms with E-state index < -0.39 is 5.41 Å². The Morgan fingerprint density at radius 1 is 0.531 bits per heavy atom. The number of rotatable bonds is 1. The van der Waals surface area contributed by atoms with Crippen LogP contribution in [0.5, 0.6) is 0 Å². The normalized spacial score (nSPS) is 14.8. The van der Waals surface area contributed by atoms with Crippen LogP contribution in [0.1, 0.15) is 48.6 Å². The maximum Gasteiger partial charge on any atom is 0.333 e. The molecule has 5 heterocycles. The van der Waals surface area contributed by atoms with Gasteiger partial charge in [-0.1, -0.05) is 160 Å². The fraction of sp³-hybridized carbons (Fsp3) is 0.0847. The van der Waals surface area contributed by atoms with Gasteiger partial charge in [-0.25, -0.2) is 0 Å². The first-order chi connectivity index (χ1) is 31.4. The third-order valence-corrected chi connectivity index (χ3v) is 16.2. The molecular weight excluding hydrogens is 796 g/mol. The number of fused-ring (bicyclic) bond motifs is 21. The second-order valence-electron chi connectivity index (χ2n) is 19.1. The molecule has 0 amide bonds. The molecular formula is C59H39BN2OS. The first-order valence-corrected chi connectivity index (χ1v) is 23.3. The summed E-state index contributed by atoms with van der Waals surface area (Å²) in [6, 6.07) is 68.9. The van der Waals surface area contributed by atoms with Crippen LogP contribution in [-0.2, 0) is 10.8 Å². The molecule has 300 valence electrons. The first-order valence-electron chi connectivity index (χ1n) is 22.5. The topological polar surface area (TPSA) is 19.6 Å². The van der Waals surface area contributed by atoms with Crippen molar-refractivity contribution in [2.45, 2.75) is 31.6 Å². The zero-order chi connectivity index (χ0) is 42.2. The first kappa shape index (κ1) is 35.2. The van der Waals surface area contributed by atoms with E-state index in [9.17, 15) is 0 Å². The second kappa shape index (κ2) is 12.0. The van der Waals surface area contributed by atoms with E-state index >= 15 is 0 Å². The van der Waals surface area contributed by atoms with Crippen LogP contribution in [0.2, 0.25) is 0 Å². The van der Waals surface area contributed by atoms with Crippen LogP contribution in [0, 0.1) is 0 Å². The van der Waals surface area contributed by atoms with Crippen molar-refractivity contribution in [3.63, 3.8) is 0 Å². The van der Waals surface area contributed by atoms with Gasteiger partial charge in [0.05, 0.1) is 16.8 Å². The molecule has 3 aliphatic heterocycles.